The van der Waals surface area contributed by atoms with Gasteiger partial charge in [-0.3, -0.25) is 0 Å². The van der Waals surface area contributed by atoms with Crippen molar-refractivity contribution in [1.82, 2.24) is 0 Å². The van der Waals surface area contributed by atoms with Crippen LogP contribution in [0.15, 0.2) is 121 Å². The highest BCUT2D eigenvalue weighted by atomic mass is 15.1. The summed E-state index contributed by atoms with van der Waals surface area (Å²) in [6.07, 6.45) is 6.99. The fourth-order valence-corrected chi connectivity index (χ4v) is 15.2. The monoisotopic (exact) mass is 988 g/mol. The van der Waals surface area contributed by atoms with Crippen molar-refractivity contribution in [3.05, 3.63) is 221 Å². The molecule has 0 spiro atoms. The zero-order valence-electron chi connectivity index (χ0n) is 48.0. The van der Waals surface area contributed by atoms with E-state index < -0.39 is 0 Å². The van der Waals surface area contributed by atoms with Crippen LogP contribution in [0.1, 0.15) is 148 Å². The third-order valence-corrected chi connectivity index (χ3v) is 20.5. The Hall–Kier alpha value is -7.22. The number of anilines is 3. The van der Waals surface area contributed by atoms with Crippen LogP contribution < -0.4 is 4.90 Å². The van der Waals surface area contributed by atoms with E-state index in [2.05, 4.69) is 243 Å². The predicted octanol–water partition coefficient (Wildman–Crippen LogP) is 20.6. The minimum Gasteiger partial charge on any atom is -0.310 e. The lowest BCUT2D eigenvalue weighted by molar-refractivity contribution is 0.659. The van der Waals surface area contributed by atoms with Crippen LogP contribution in [0.2, 0.25) is 0 Å². The van der Waals surface area contributed by atoms with Gasteiger partial charge < -0.3 is 4.90 Å². The maximum absolute atomic E-state index is 2.62. The van der Waals surface area contributed by atoms with E-state index in [1.54, 1.807) is 0 Å². The highest BCUT2D eigenvalue weighted by Crippen LogP contribution is 2.59. The average Bonchev–Trinajstić information content (AvgIpc) is 4.00. The van der Waals surface area contributed by atoms with Gasteiger partial charge in [0.1, 0.15) is 0 Å². The van der Waals surface area contributed by atoms with Crippen molar-refractivity contribution < 1.29 is 0 Å². The lowest BCUT2D eigenvalue weighted by atomic mass is 9.76. The molecule has 0 saturated carbocycles. The molecule has 0 atom stereocenters. The number of nitrogens with zero attached hydrogens (tertiary/aromatic N) is 1. The SMILES string of the molecule is Cc1c(C)c(C)c(-c2cc3c(c4c2CCC=C4)-c2ccc(N(c4ccc5c(c4)C(C)(C)c4ccccc4-5)c4ccc5c(c4)C(C)(C)c4cc(-c6c(C)c(C)c(C)c(C)c6C)c6ccccc6c4-5)cc2C3(C)C)c(C)c1C. The Balaban J connectivity index is 1.01. The van der Waals surface area contributed by atoms with Gasteiger partial charge in [-0.05, 0) is 297 Å². The van der Waals surface area contributed by atoms with E-state index in [1.165, 1.54) is 184 Å². The molecule has 4 aliphatic carbocycles. The minimum atomic E-state index is -0.263. The van der Waals surface area contributed by atoms with E-state index >= 15 is 0 Å². The molecule has 76 heavy (non-hydrogen) atoms. The van der Waals surface area contributed by atoms with E-state index in [0.717, 1.165) is 12.8 Å². The molecular weight excluding hydrogens is 915 g/mol. The summed E-state index contributed by atoms with van der Waals surface area (Å²) < 4.78 is 0. The largest absolute Gasteiger partial charge is 0.310 e. The molecule has 378 valence electrons. The predicted molar refractivity (Wildman–Crippen MR) is 327 cm³/mol. The Morgan fingerprint density at radius 1 is 0.329 bits per heavy atom. The molecule has 9 aromatic carbocycles. The average molecular weight is 988 g/mol. The summed E-state index contributed by atoms with van der Waals surface area (Å²) in [5.41, 5.74) is 42.0. The Morgan fingerprint density at radius 3 is 1.30 bits per heavy atom. The Bertz CT molecular complexity index is 4060. The topological polar surface area (TPSA) is 3.24 Å². The van der Waals surface area contributed by atoms with Crippen LogP contribution in [0.4, 0.5) is 17.1 Å². The van der Waals surface area contributed by atoms with Crippen LogP contribution >= 0.6 is 0 Å². The fraction of sp³-hybridized carbons (Fsp3) is 0.280. The maximum Gasteiger partial charge on any atom is 0.0465 e. The number of fused-ring (bicyclic) bond motifs is 13. The Morgan fingerprint density at radius 2 is 0.737 bits per heavy atom. The molecular formula is C75H73N. The van der Waals surface area contributed by atoms with Crippen molar-refractivity contribution >= 4 is 33.9 Å². The number of hydrogen-bond acceptors (Lipinski definition) is 1. The van der Waals surface area contributed by atoms with Crippen molar-refractivity contribution in [2.75, 3.05) is 4.90 Å². The molecule has 0 saturated heterocycles. The molecule has 13 rings (SSSR count). The van der Waals surface area contributed by atoms with Gasteiger partial charge in [-0.1, -0.05) is 120 Å². The third kappa shape index (κ3) is 6.38. The van der Waals surface area contributed by atoms with Gasteiger partial charge in [-0.25, -0.2) is 0 Å². The number of rotatable bonds is 5. The molecule has 0 amide bonds. The van der Waals surface area contributed by atoms with Crippen molar-refractivity contribution in [3.63, 3.8) is 0 Å². The first-order chi connectivity index (χ1) is 36.2. The summed E-state index contributed by atoms with van der Waals surface area (Å²) in [7, 11) is 0. The summed E-state index contributed by atoms with van der Waals surface area (Å²) in [6, 6.07) is 45.6. The van der Waals surface area contributed by atoms with Crippen molar-refractivity contribution in [1.29, 1.82) is 0 Å². The van der Waals surface area contributed by atoms with E-state index in [1.807, 2.05) is 0 Å². The Kier molecular flexibility index (Phi) is 10.4. The van der Waals surface area contributed by atoms with Gasteiger partial charge >= 0.3 is 0 Å². The quantitative estimate of drug-likeness (QED) is 0.166. The molecule has 0 heterocycles. The molecule has 0 bridgehead atoms. The zero-order valence-corrected chi connectivity index (χ0v) is 48.0. The van der Waals surface area contributed by atoms with Crippen molar-refractivity contribution in [3.8, 4) is 55.6 Å². The van der Waals surface area contributed by atoms with Gasteiger partial charge in [-0.15, -0.1) is 0 Å². The molecule has 4 aliphatic rings. The molecule has 1 heteroatoms. The first kappa shape index (κ1) is 48.4. The second-order valence-electron chi connectivity index (χ2n) is 25.0. The van der Waals surface area contributed by atoms with E-state index in [-0.39, 0.29) is 16.2 Å². The lowest BCUT2D eigenvalue weighted by Gasteiger charge is -2.31. The van der Waals surface area contributed by atoms with Gasteiger partial charge in [0.2, 0.25) is 0 Å². The van der Waals surface area contributed by atoms with Crippen LogP contribution in [-0.2, 0) is 22.7 Å². The number of hydrogen-bond donors (Lipinski definition) is 0. The van der Waals surface area contributed by atoms with Crippen LogP contribution in [0.5, 0.6) is 0 Å². The molecule has 0 unspecified atom stereocenters. The molecule has 0 radical (unpaired) electrons. The third-order valence-electron chi connectivity index (χ3n) is 20.5. The maximum atomic E-state index is 2.62. The van der Waals surface area contributed by atoms with Gasteiger partial charge in [0.25, 0.3) is 0 Å². The lowest BCUT2D eigenvalue weighted by Crippen LogP contribution is -2.19. The van der Waals surface area contributed by atoms with Gasteiger partial charge in [0.05, 0.1) is 0 Å². The first-order valence-corrected chi connectivity index (χ1v) is 28.1. The summed E-state index contributed by atoms with van der Waals surface area (Å²) in [5, 5.41) is 2.66. The summed E-state index contributed by atoms with van der Waals surface area (Å²) in [4.78, 5) is 2.58. The highest BCUT2D eigenvalue weighted by molar-refractivity contribution is 6.10. The second kappa shape index (κ2) is 16.4. The number of benzene rings is 9. The van der Waals surface area contributed by atoms with E-state index in [4.69, 9.17) is 0 Å². The fourth-order valence-electron chi connectivity index (χ4n) is 15.2. The molecule has 1 nitrogen and oxygen atoms in total. The van der Waals surface area contributed by atoms with Crippen LogP contribution in [0.3, 0.4) is 0 Å². The first-order valence-electron chi connectivity index (χ1n) is 28.1. The van der Waals surface area contributed by atoms with E-state index in [0.29, 0.717) is 0 Å². The van der Waals surface area contributed by atoms with E-state index in [9.17, 15) is 0 Å². The van der Waals surface area contributed by atoms with Crippen LogP contribution in [0, 0.1) is 69.2 Å². The molecule has 0 N–H and O–H groups in total. The van der Waals surface area contributed by atoms with Gasteiger partial charge in [0, 0.05) is 33.3 Å². The highest BCUT2D eigenvalue weighted by Gasteiger charge is 2.42. The summed E-state index contributed by atoms with van der Waals surface area (Å²) in [6.45, 7) is 37.9. The molecule has 0 fully saturated rings. The van der Waals surface area contributed by atoms with Crippen molar-refractivity contribution in [2.45, 2.75) is 140 Å². The molecule has 0 aliphatic heterocycles. The van der Waals surface area contributed by atoms with Crippen LogP contribution in [0.25, 0.3) is 72.5 Å². The molecule has 0 aromatic heterocycles. The van der Waals surface area contributed by atoms with Gasteiger partial charge in [0.15, 0.2) is 0 Å². The molecule has 9 aromatic rings. The second-order valence-corrected chi connectivity index (χ2v) is 25.0. The summed E-state index contributed by atoms with van der Waals surface area (Å²) in [5.74, 6) is 0. The zero-order chi connectivity index (χ0) is 53.4. The van der Waals surface area contributed by atoms with Crippen molar-refractivity contribution in [2.24, 2.45) is 0 Å². The normalized spacial score (nSPS) is 15.5. The Labute approximate surface area is 453 Å². The van der Waals surface area contributed by atoms with Gasteiger partial charge in [-0.2, -0.15) is 0 Å². The van der Waals surface area contributed by atoms with Crippen LogP contribution in [-0.4, -0.2) is 0 Å². The minimum absolute atomic E-state index is 0.143. The smallest absolute Gasteiger partial charge is 0.0465 e. The summed E-state index contributed by atoms with van der Waals surface area (Å²) >= 11 is 0. The number of allylic oxidation sites excluding steroid dienone is 1. The standard InChI is InChI=1S/C75H73N/c1-40-42(3)46(7)69(47(8)43(40)4)61-38-67-71(57-26-19-17-23-53(57)61)59-33-30-51(36-65(59)74(67,13)14)76(50-29-32-56-55-25-21-22-28-63(55)73(11,12)64(56)35-50)52-31-34-60-66(37-52)75(15,16)68-39-62(54-24-18-20-27-58(54)72(60)68)70-48(9)44(5)41(2)45(6)49(70)10/h17,19-23,25-39H,18,24H2,1-16H3.